The van der Waals surface area contributed by atoms with Crippen molar-refractivity contribution in [2.45, 2.75) is 24.3 Å². The molecule has 3 heterocycles. The van der Waals surface area contributed by atoms with Crippen LogP contribution in [0.15, 0.2) is 34.8 Å². The zero-order valence-electron chi connectivity index (χ0n) is 10.4. The molecule has 3 nitrogen and oxygen atoms in total. The Kier molecular flexibility index (Phi) is 4.00. The van der Waals surface area contributed by atoms with E-state index < -0.39 is 0 Å². The molecule has 0 bridgehead atoms. The summed E-state index contributed by atoms with van der Waals surface area (Å²) in [5.41, 5.74) is 0. The van der Waals surface area contributed by atoms with E-state index in [2.05, 4.69) is 51.8 Å². The molecule has 0 unspecified atom stereocenters. The van der Waals surface area contributed by atoms with E-state index in [4.69, 9.17) is 0 Å². The van der Waals surface area contributed by atoms with Crippen molar-refractivity contribution in [3.63, 3.8) is 0 Å². The lowest BCUT2D eigenvalue weighted by Gasteiger charge is -1.92. The number of nitrogens with zero attached hydrogens (tertiary/aromatic N) is 2. The summed E-state index contributed by atoms with van der Waals surface area (Å²) in [6.45, 7) is 2.13. The summed E-state index contributed by atoms with van der Waals surface area (Å²) in [6, 6.07) is 8.51. The van der Waals surface area contributed by atoms with Gasteiger partial charge in [-0.25, -0.2) is 4.98 Å². The van der Waals surface area contributed by atoms with Crippen LogP contribution in [0.5, 0.6) is 0 Å². The number of thioether (sulfide) groups is 1. The number of nitrogens with one attached hydrogen (secondary N) is 1. The van der Waals surface area contributed by atoms with Crippen molar-refractivity contribution in [3.05, 3.63) is 50.1 Å². The van der Waals surface area contributed by atoms with Gasteiger partial charge in [-0.1, -0.05) is 17.8 Å². The minimum atomic E-state index is 0.831. The Morgan fingerprint density at radius 1 is 1.26 bits per heavy atom. The minimum Gasteiger partial charge on any atom is -0.262 e. The van der Waals surface area contributed by atoms with E-state index in [0.717, 1.165) is 23.2 Å². The molecule has 0 fully saturated rings. The highest BCUT2D eigenvalue weighted by Crippen LogP contribution is 2.24. The summed E-state index contributed by atoms with van der Waals surface area (Å²) in [4.78, 5) is 8.54. The first-order valence-corrected chi connectivity index (χ1v) is 8.59. The fourth-order valence-electron chi connectivity index (χ4n) is 1.70. The molecule has 98 valence electrons. The van der Waals surface area contributed by atoms with Gasteiger partial charge in [-0.05, 0) is 30.5 Å². The van der Waals surface area contributed by atoms with Crippen molar-refractivity contribution >= 4 is 34.4 Å². The molecule has 3 aromatic rings. The van der Waals surface area contributed by atoms with E-state index >= 15 is 0 Å². The van der Waals surface area contributed by atoms with Crippen molar-refractivity contribution in [2.24, 2.45) is 0 Å². The summed E-state index contributed by atoms with van der Waals surface area (Å²) < 4.78 is 0. The maximum absolute atomic E-state index is 4.51. The predicted molar refractivity (Wildman–Crippen MR) is 82.1 cm³/mol. The Morgan fingerprint density at radius 3 is 2.95 bits per heavy atom. The van der Waals surface area contributed by atoms with Gasteiger partial charge < -0.3 is 0 Å². The number of H-pyrrole nitrogens is 1. The Morgan fingerprint density at radius 2 is 2.21 bits per heavy atom. The minimum absolute atomic E-state index is 0.831. The van der Waals surface area contributed by atoms with Crippen molar-refractivity contribution in [1.29, 1.82) is 0 Å². The normalized spacial score (nSPS) is 11.0. The van der Waals surface area contributed by atoms with Gasteiger partial charge in [0.15, 0.2) is 0 Å². The molecule has 3 rings (SSSR count). The first-order chi connectivity index (χ1) is 9.29. The first kappa shape index (κ1) is 12.9. The van der Waals surface area contributed by atoms with Crippen molar-refractivity contribution in [3.8, 4) is 0 Å². The zero-order chi connectivity index (χ0) is 13.1. The van der Waals surface area contributed by atoms with Gasteiger partial charge in [0, 0.05) is 26.8 Å². The molecule has 0 aliphatic heterocycles. The summed E-state index contributed by atoms with van der Waals surface area (Å²) in [5.74, 6) is 1.88. The Bertz CT molecular complexity index is 640. The van der Waals surface area contributed by atoms with Crippen LogP contribution < -0.4 is 0 Å². The maximum Gasteiger partial charge on any atom is 0.208 e. The predicted octanol–water partition coefficient (Wildman–Crippen LogP) is 4.12. The number of aromatic nitrogens is 3. The maximum atomic E-state index is 4.51. The van der Waals surface area contributed by atoms with Crippen LogP contribution in [0.25, 0.3) is 0 Å². The molecule has 0 aromatic carbocycles. The lowest BCUT2D eigenvalue weighted by molar-refractivity contribution is 0.960. The van der Waals surface area contributed by atoms with Crippen LogP contribution in [0.2, 0.25) is 0 Å². The van der Waals surface area contributed by atoms with Crippen LogP contribution in [0, 0.1) is 6.92 Å². The second-order valence-corrected chi connectivity index (χ2v) is 7.47. The lowest BCUT2D eigenvalue weighted by atomic mass is 10.3. The third kappa shape index (κ3) is 3.46. The third-order valence-corrected chi connectivity index (χ3v) is 5.53. The number of aromatic amines is 1. The summed E-state index contributed by atoms with van der Waals surface area (Å²) in [5, 5.41) is 10.2. The summed E-state index contributed by atoms with van der Waals surface area (Å²) >= 11 is 5.26. The highest BCUT2D eigenvalue weighted by atomic mass is 32.2. The molecule has 6 heteroatoms. The van der Waals surface area contributed by atoms with E-state index in [9.17, 15) is 0 Å². The van der Waals surface area contributed by atoms with E-state index in [-0.39, 0.29) is 0 Å². The fourth-order valence-corrected chi connectivity index (χ4v) is 4.16. The average Bonchev–Trinajstić information content (AvgIpc) is 3.10. The SMILES string of the molecule is Cc1ccc(CSc2n[nH]c(Cc3cccs3)n2)s1. The number of thiophene rings is 2. The summed E-state index contributed by atoms with van der Waals surface area (Å²) in [6.07, 6.45) is 0.837. The van der Waals surface area contributed by atoms with Gasteiger partial charge in [0.05, 0.1) is 0 Å². The van der Waals surface area contributed by atoms with Gasteiger partial charge in [-0.2, -0.15) is 0 Å². The second-order valence-electron chi connectivity index (χ2n) is 4.12. The van der Waals surface area contributed by atoms with E-state index in [1.165, 1.54) is 14.6 Å². The Labute approximate surface area is 124 Å². The molecule has 0 saturated heterocycles. The van der Waals surface area contributed by atoms with Crippen LogP contribution in [-0.2, 0) is 12.2 Å². The van der Waals surface area contributed by atoms with Crippen LogP contribution in [0.3, 0.4) is 0 Å². The highest BCUT2D eigenvalue weighted by Gasteiger charge is 2.06. The number of rotatable bonds is 5. The Balaban J connectivity index is 1.59. The van der Waals surface area contributed by atoms with Gasteiger partial charge in [0.2, 0.25) is 5.16 Å². The molecule has 0 amide bonds. The zero-order valence-corrected chi connectivity index (χ0v) is 12.9. The van der Waals surface area contributed by atoms with Gasteiger partial charge in [0.1, 0.15) is 5.82 Å². The number of hydrogen-bond donors (Lipinski definition) is 1. The molecule has 3 aromatic heterocycles. The monoisotopic (exact) mass is 307 g/mol. The van der Waals surface area contributed by atoms with Crippen LogP contribution in [0.1, 0.15) is 20.5 Å². The highest BCUT2D eigenvalue weighted by molar-refractivity contribution is 7.98. The van der Waals surface area contributed by atoms with Crippen LogP contribution in [-0.4, -0.2) is 15.2 Å². The van der Waals surface area contributed by atoms with Crippen LogP contribution in [0.4, 0.5) is 0 Å². The van der Waals surface area contributed by atoms with Gasteiger partial charge in [-0.15, -0.1) is 27.8 Å². The van der Waals surface area contributed by atoms with Gasteiger partial charge in [0.25, 0.3) is 0 Å². The van der Waals surface area contributed by atoms with E-state index in [0.29, 0.717) is 0 Å². The molecule has 0 aliphatic carbocycles. The first-order valence-electron chi connectivity index (χ1n) is 5.91. The molecule has 0 atom stereocenters. The topological polar surface area (TPSA) is 41.6 Å². The van der Waals surface area contributed by atoms with Crippen molar-refractivity contribution in [2.75, 3.05) is 0 Å². The van der Waals surface area contributed by atoms with Crippen LogP contribution >= 0.6 is 34.4 Å². The number of aryl methyl sites for hydroxylation is 1. The molecule has 0 spiro atoms. The summed E-state index contributed by atoms with van der Waals surface area (Å²) in [7, 11) is 0. The Hall–Kier alpha value is -1.11. The van der Waals surface area contributed by atoms with E-state index in [1.54, 1.807) is 23.1 Å². The standard InChI is InChI=1S/C13H13N3S3/c1-9-4-5-11(19-9)8-18-13-14-12(15-16-13)7-10-3-2-6-17-10/h2-6H,7-8H2,1H3,(H,14,15,16). The van der Waals surface area contributed by atoms with Gasteiger partial charge in [-0.3, -0.25) is 5.10 Å². The molecular formula is C13H13N3S3. The molecule has 0 radical (unpaired) electrons. The molecule has 19 heavy (non-hydrogen) atoms. The number of hydrogen-bond acceptors (Lipinski definition) is 5. The molecule has 0 aliphatic rings. The van der Waals surface area contributed by atoms with Crippen molar-refractivity contribution < 1.29 is 0 Å². The second kappa shape index (κ2) is 5.90. The van der Waals surface area contributed by atoms with Crippen molar-refractivity contribution in [1.82, 2.24) is 15.2 Å². The molecular weight excluding hydrogens is 294 g/mol. The third-order valence-electron chi connectivity index (χ3n) is 2.57. The largest absolute Gasteiger partial charge is 0.262 e. The fraction of sp³-hybridized carbons (Fsp3) is 0.231. The molecule has 0 saturated carbocycles. The van der Waals surface area contributed by atoms with Gasteiger partial charge >= 0.3 is 0 Å². The molecule has 1 N–H and O–H groups in total. The lowest BCUT2D eigenvalue weighted by Crippen LogP contribution is -1.87. The average molecular weight is 307 g/mol. The quantitative estimate of drug-likeness (QED) is 0.721. The smallest absolute Gasteiger partial charge is 0.208 e. The van der Waals surface area contributed by atoms with E-state index in [1.807, 2.05) is 11.3 Å².